The Kier molecular flexibility index (Phi) is 5.51. The highest BCUT2D eigenvalue weighted by atomic mass is 35.5. The van der Waals surface area contributed by atoms with Crippen LogP contribution in [0.2, 0.25) is 5.02 Å². The third-order valence-corrected chi connectivity index (χ3v) is 6.10. The summed E-state index contributed by atoms with van der Waals surface area (Å²) in [7, 11) is 1.40. The number of carbonyl (C=O) groups is 2. The van der Waals surface area contributed by atoms with Gasteiger partial charge in [0.25, 0.3) is 11.7 Å². The number of Topliss-reactive ketones (excluding diaryl/α,β-unsaturated/α-hetero) is 1. The number of hydrogen-bond acceptors (Lipinski definition) is 5. The van der Waals surface area contributed by atoms with Crippen molar-refractivity contribution in [1.82, 2.24) is 0 Å². The average Bonchev–Trinajstić information content (AvgIpc) is 3.37. The molecule has 1 saturated heterocycles. The summed E-state index contributed by atoms with van der Waals surface area (Å²) in [6.45, 7) is 0. The minimum atomic E-state index is -1.16. The fourth-order valence-corrected chi connectivity index (χ4v) is 4.43. The molecule has 4 rings (SSSR count). The highest BCUT2D eigenvalue weighted by molar-refractivity contribution is 7.10. The van der Waals surface area contributed by atoms with Crippen LogP contribution in [0.4, 0.5) is 14.5 Å². The van der Waals surface area contributed by atoms with Crippen molar-refractivity contribution in [3.8, 4) is 5.75 Å². The number of thiophene rings is 1. The maximum atomic E-state index is 13.9. The Morgan fingerprint density at radius 3 is 2.55 bits per heavy atom. The van der Waals surface area contributed by atoms with Gasteiger partial charge in [-0.2, -0.15) is 0 Å². The highest BCUT2D eigenvalue weighted by Crippen LogP contribution is 2.44. The van der Waals surface area contributed by atoms with Crippen LogP contribution in [0.1, 0.15) is 16.5 Å². The van der Waals surface area contributed by atoms with E-state index in [2.05, 4.69) is 0 Å². The first-order valence-corrected chi connectivity index (χ1v) is 10.2. The molecule has 0 bridgehead atoms. The second-order valence-electron chi connectivity index (χ2n) is 6.63. The molecule has 2 aromatic carbocycles. The number of methoxy groups -OCH3 is 1. The fourth-order valence-electron chi connectivity index (χ4n) is 3.41. The first-order valence-electron chi connectivity index (χ1n) is 8.97. The van der Waals surface area contributed by atoms with Gasteiger partial charge >= 0.3 is 0 Å². The van der Waals surface area contributed by atoms with Crippen LogP contribution >= 0.6 is 22.9 Å². The van der Waals surface area contributed by atoms with Crippen LogP contribution in [0.3, 0.4) is 0 Å². The second-order valence-corrected chi connectivity index (χ2v) is 8.02. The van der Waals surface area contributed by atoms with Gasteiger partial charge in [0.1, 0.15) is 17.6 Å². The monoisotopic (exact) mass is 461 g/mol. The predicted molar refractivity (Wildman–Crippen MR) is 113 cm³/mol. The summed E-state index contributed by atoms with van der Waals surface area (Å²) in [5, 5.41) is 13.0. The molecule has 2 heterocycles. The molecule has 5 nitrogen and oxygen atoms in total. The Balaban J connectivity index is 1.93. The van der Waals surface area contributed by atoms with E-state index in [-0.39, 0.29) is 22.6 Å². The SMILES string of the molecule is COc1cc(/C(O)=C2/C(=O)C(=O)N(c3ccc(F)c(F)c3)C2c2cccs2)ccc1Cl. The van der Waals surface area contributed by atoms with Crippen LogP contribution < -0.4 is 9.64 Å². The second kappa shape index (κ2) is 8.13. The molecule has 31 heavy (non-hydrogen) atoms. The van der Waals surface area contributed by atoms with Crippen molar-refractivity contribution in [2.45, 2.75) is 6.04 Å². The Morgan fingerprint density at radius 1 is 1.13 bits per heavy atom. The van der Waals surface area contributed by atoms with E-state index in [4.69, 9.17) is 16.3 Å². The molecule has 3 aromatic rings. The summed E-state index contributed by atoms with van der Waals surface area (Å²) >= 11 is 7.29. The summed E-state index contributed by atoms with van der Waals surface area (Å²) in [5.74, 6) is -4.32. The number of aliphatic hydroxyl groups is 1. The first kappa shape index (κ1) is 21.0. The van der Waals surface area contributed by atoms with E-state index in [0.717, 1.165) is 17.0 Å². The van der Waals surface area contributed by atoms with Crippen molar-refractivity contribution in [2.75, 3.05) is 12.0 Å². The van der Waals surface area contributed by atoms with Gasteiger partial charge in [0.2, 0.25) is 0 Å². The molecule has 0 saturated carbocycles. The Labute approximate surface area is 184 Å². The number of ketones is 1. The Hall–Kier alpha value is -3.23. The van der Waals surface area contributed by atoms with E-state index >= 15 is 0 Å². The third-order valence-electron chi connectivity index (χ3n) is 4.86. The largest absolute Gasteiger partial charge is 0.507 e. The van der Waals surface area contributed by atoms with Crippen molar-refractivity contribution in [3.63, 3.8) is 0 Å². The lowest BCUT2D eigenvalue weighted by Gasteiger charge is -2.24. The van der Waals surface area contributed by atoms with Gasteiger partial charge in [0.15, 0.2) is 11.6 Å². The molecule has 1 aliphatic heterocycles. The standard InChI is InChI=1S/C22H14ClF2NO4S/c1-30-16-9-11(4-6-13(16)23)20(27)18-19(17-3-2-8-31-17)26(22(29)21(18)28)12-5-7-14(24)15(25)10-12/h2-10,19,27H,1H3/b20-18-. The topological polar surface area (TPSA) is 66.8 Å². The fraction of sp³-hybridized carbons (Fsp3) is 0.0909. The molecule has 1 unspecified atom stereocenters. The molecule has 9 heteroatoms. The lowest BCUT2D eigenvalue weighted by atomic mass is 9.99. The summed E-state index contributed by atoms with van der Waals surface area (Å²) < 4.78 is 32.5. The molecule has 0 spiro atoms. The molecule has 158 valence electrons. The van der Waals surface area contributed by atoms with E-state index in [1.165, 1.54) is 42.7 Å². The summed E-state index contributed by atoms with van der Waals surface area (Å²) in [4.78, 5) is 27.5. The quantitative estimate of drug-likeness (QED) is 0.324. The van der Waals surface area contributed by atoms with E-state index < -0.39 is 35.1 Å². The number of amides is 1. The third kappa shape index (κ3) is 3.58. The number of rotatable bonds is 4. The van der Waals surface area contributed by atoms with E-state index in [1.807, 2.05) is 0 Å². The van der Waals surface area contributed by atoms with Gasteiger partial charge in [-0.1, -0.05) is 17.7 Å². The zero-order chi connectivity index (χ0) is 22.3. The number of hydrogen-bond donors (Lipinski definition) is 1. The molecule has 1 aromatic heterocycles. The molecule has 1 amide bonds. The highest BCUT2D eigenvalue weighted by Gasteiger charge is 2.47. The van der Waals surface area contributed by atoms with Crippen molar-refractivity contribution in [3.05, 3.63) is 86.6 Å². The number of nitrogens with zero attached hydrogens (tertiary/aromatic N) is 1. The number of benzene rings is 2. The van der Waals surface area contributed by atoms with E-state index in [0.29, 0.717) is 9.90 Å². The van der Waals surface area contributed by atoms with Crippen molar-refractivity contribution in [1.29, 1.82) is 0 Å². The molecule has 1 atom stereocenters. The Morgan fingerprint density at radius 2 is 1.90 bits per heavy atom. The lowest BCUT2D eigenvalue weighted by Crippen LogP contribution is -2.29. The predicted octanol–water partition coefficient (Wildman–Crippen LogP) is 5.31. The molecule has 1 fully saturated rings. The summed E-state index contributed by atoms with van der Waals surface area (Å²) in [5.41, 5.74) is 0.0276. The van der Waals surface area contributed by atoms with Crippen molar-refractivity contribution >= 4 is 46.1 Å². The number of ether oxygens (including phenoxy) is 1. The summed E-state index contributed by atoms with van der Waals surface area (Å²) in [6.07, 6.45) is 0. The molecule has 0 aliphatic carbocycles. The van der Waals surface area contributed by atoms with Crippen LogP contribution in [-0.2, 0) is 9.59 Å². The smallest absolute Gasteiger partial charge is 0.300 e. The molecule has 0 radical (unpaired) electrons. The van der Waals surface area contributed by atoms with E-state index in [9.17, 15) is 23.5 Å². The van der Waals surface area contributed by atoms with Crippen LogP contribution in [0.5, 0.6) is 5.75 Å². The number of halogens is 3. The van der Waals surface area contributed by atoms with E-state index in [1.54, 1.807) is 17.5 Å². The molecule has 1 N–H and O–H groups in total. The van der Waals surface area contributed by atoms with Gasteiger partial charge in [-0.25, -0.2) is 8.78 Å². The summed E-state index contributed by atoms with van der Waals surface area (Å²) in [6, 6.07) is 9.71. The van der Waals surface area contributed by atoms with Gasteiger partial charge in [0, 0.05) is 22.2 Å². The number of anilines is 1. The van der Waals surface area contributed by atoms with Crippen LogP contribution in [0.15, 0.2) is 59.5 Å². The molecule has 1 aliphatic rings. The maximum Gasteiger partial charge on any atom is 0.300 e. The first-order chi connectivity index (χ1) is 14.8. The van der Waals surface area contributed by atoms with Crippen LogP contribution in [0, 0.1) is 11.6 Å². The lowest BCUT2D eigenvalue weighted by molar-refractivity contribution is -0.132. The normalized spacial score (nSPS) is 17.9. The molecular formula is C22H14ClF2NO4S. The van der Waals surface area contributed by atoms with Gasteiger partial charge < -0.3 is 9.84 Å². The minimum Gasteiger partial charge on any atom is -0.507 e. The number of carbonyl (C=O) groups excluding carboxylic acids is 2. The van der Waals surface area contributed by atoms with Gasteiger partial charge in [-0.15, -0.1) is 11.3 Å². The Bertz CT molecular complexity index is 1230. The minimum absolute atomic E-state index is 0.00728. The average molecular weight is 462 g/mol. The molecular weight excluding hydrogens is 448 g/mol. The maximum absolute atomic E-state index is 13.9. The van der Waals surface area contributed by atoms with Crippen LogP contribution in [0.25, 0.3) is 5.76 Å². The number of aliphatic hydroxyl groups excluding tert-OH is 1. The zero-order valence-corrected chi connectivity index (χ0v) is 17.5. The van der Waals surface area contributed by atoms with Gasteiger partial charge in [-0.3, -0.25) is 14.5 Å². The van der Waals surface area contributed by atoms with Gasteiger partial charge in [-0.05, 0) is 41.8 Å². The van der Waals surface area contributed by atoms with Gasteiger partial charge in [0.05, 0.1) is 17.7 Å². The zero-order valence-electron chi connectivity index (χ0n) is 15.9. The van der Waals surface area contributed by atoms with Crippen LogP contribution in [-0.4, -0.2) is 23.9 Å². The van der Waals surface area contributed by atoms with Crippen molar-refractivity contribution < 1.29 is 28.2 Å². The van der Waals surface area contributed by atoms with Crippen molar-refractivity contribution in [2.24, 2.45) is 0 Å².